The molecule has 0 amide bonds. The molecule has 0 atom stereocenters. The quantitative estimate of drug-likeness (QED) is 0.166. The van der Waals surface area contributed by atoms with Gasteiger partial charge >= 0.3 is 0 Å². The lowest BCUT2D eigenvalue weighted by Gasteiger charge is -2.13. The minimum atomic E-state index is 0.632. The maximum Gasteiger partial charge on any atom is 0.235 e. The van der Waals surface area contributed by atoms with Gasteiger partial charge in [-0.15, -0.1) is 11.3 Å². The highest BCUT2D eigenvalue weighted by Crippen LogP contribution is 2.46. The fourth-order valence-electron chi connectivity index (χ4n) is 16.4. The highest BCUT2D eigenvalue weighted by Gasteiger charge is 2.25. The van der Waals surface area contributed by atoms with Gasteiger partial charge in [0.2, 0.25) is 11.9 Å². The lowest BCUT2D eigenvalue weighted by atomic mass is 9.97. The van der Waals surface area contributed by atoms with Crippen LogP contribution in [0.25, 0.3) is 218 Å². The zero-order valence-electron chi connectivity index (χ0n) is 55.8. The number of aromatic nitrogens is 6. The summed E-state index contributed by atoms with van der Waals surface area (Å²) >= 11 is 1.85. The molecule has 6 heterocycles. The molecule has 23 aromatic rings. The normalized spacial score (nSPS) is 12.0. The van der Waals surface area contributed by atoms with Crippen molar-refractivity contribution in [2.75, 3.05) is 0 Å². The molecule has 0 fully saturated rings. The Labute approximate surface area is 598 Å². The number of para-hydroxylation sites is 2. The van der Waals surface area contributed by atoms with Crippen LogP contribution in [0.1, 0.15) is 0 Å². The number of hydrogen-bond donors (Lipinski definition) is 0. The molecule has 0 spiro atoms. The number of rotatable bonds is 6. The minimum Gasteiger partial charge on any atom is -0.456 e. The number of fused-ring (bicyclic) bond motifs is 20. The van der Waals surface area contributed by atoms with Crippen molar-refractivity contribution in [2.24, 2.45) is 0 Å². The van der Waals surface area contributed by atoms with Gasteiger partial charge in [-0.1, -0.05) is 243 Å². The molecule has 0 aliphatic heterocycles. The Balaban J connectivity index is 0.000000131. The van der Waals surface area contributed by atoms with Gasteiger partial charge in [0.15, 0.2) is 0 Å². The van der Waals surface area contributed by atoms with Crippen molar-refractivity contribution in [3.8, 4) is 56.7 Å². The predicted octanol–water partition coefficient (Wildman–Crippen LogP) is 26.2. The zero-order valence-corrected chi connectivity index (χ0v) is 56.6. The molecule has 17 aromatic carbocycles. The van der Waals surface area contributed by atoms with E-state index >= 15 is 0 Å². The van der Waals surface area contributed by atoms with E-state index in [1.165, 1.54) is 107 Å². The van der Waals surface area contributed by atoms with Crippen molar-refractivity contribution in [3.05, 3.63) is 340 Å². The molecule has 0 bridgehead atoms. The first-order valence-corrected chi connectivity index (χ1v) is 36.0. The van der Waals surface area contributed by atoms with Crippen molar-refractivity contribution < 1.29 is 4.42 Å². The molecule has 0 aliphatic carbocycles. The first-order chi connectivity index (χ1) is 51.5. The average molecular weight is 1340 g/mol. The van der Waals surface area contributed by atoms with Crippen molar-refractivity contribution >= 4 is 173 Å². The van der Waals surface area contributed by atoms with Crippen LogP contribution in [0.2, 0.25) is 0 Å². The first-order valence-electron chi connectivity index (χ1n) is 35.2. The molecule has 104 heavy (non-hydrogen) atoms. The van der Waals surface area contributed by atoms with Crippen molar-refractivity contribution in [1.29, 1.82) is 0 Å². The summed E-state index contributed by atoms with van der Waals surface area (Å²) in [5, 5.41) is 23.6. The number of furan rings is 1. The minimum absolute atomic E-state index is 0.632. The Morgan fingerprint density at radius 1 is 0.231 bits per heavy atom. The van der Waals surface area contributed by atoms with E-state index < -0.39 is 0 Å². The van der Waals surface area contributed by atoms with Gasteiger partial charge < -0.3 is 4.42 Å². The molecule has 7 nitrogen and oxygen atoms in total. The maximum absolute atomic E-state index is 6.52. The van der Waals surface area contributed by atoms with Crippen molar-refractivity contribution in [2.45, 2.75) is 0 Å². The number of hydrogen-bond acceptors (Lipinski definition) is 6. The number of nitrogens with zero attached hydrogens (tertiary/aromatic N) is 6. The molecule has 23 rings (SSSR count). The molecule has 482 valence electrons. The average Bonchev–Trinajstić information content (AvgIpc) is 1.56. The van der Waals surface area contributed by atoms with Crippen LogP contribution in [0, 0.1) is 0 Å². The maximum atomic E-state index is 6.52. The summed E-state index contributed by atoms with van der Waals surface area (Å²) in [4.78, 5) is 21.6. The van der Waals surface area contributed by atoms with E-state index in [9.17, 15) is 0 Å². The van der Waals surface area contributed by atoms with E-state index in [2.05, 4.69) is 349 Å². The first kappa shape index (κ1) is 58.2. The lowest BCUT2D eigenvalue weighted by Crippen LogP contribution is -2.03. The summed E-state index contributed by atoms with van der Waals surface area (Å²) in [5.74, 6) is 1.30. The summed E-state index contributed by atoms with van der Waals surface area (Å²) in [6.07, 6.45) is 0. The van der Waals surface area contributed by atoms with Crippen LogP contribution in [0.5, 0.6) is 0 Å². The van der Waals surface area contributed by atoms with Crippen LogP contribution in [0.15, 0.2) is 344 Å². The van der Waals surface area contributed by atoms with Crippen LogP contribution >= 0.6 is 11.3 Å². The van der Waals surface area contributed by atoms with Gasteiger partial charge in [0.25, 0.3) is 0 Å². The summed E-state index contributed by atoms with van der Waals surface area (Å²) in [5.41, 5.74) is 16.5. The molecule has 8 heteroatoms. The van der Waals surface area contributed by atoms with E-state index in [0.29, 0.717) is 11.9 Å². The molecule has 0 radical (unpaired) electrons. The van der Waals surface area contributed by atoms with Gasteiger partial charge in [-0.2, -0.15) is 0 Å². The summed E-state index contributed by atoms with van der Waals surface area (Å²) < 4.78 is 13.6. The van der Waals surface area contributed by atoms with Gasteiger partial charge in [-0.3, -0.25) is 9.13 Å². The molecule has 0 aliphatic rings. The smallest absolute Gasteiger partial charge is 0.235 e. The monoisotopic (exact) mass is 1340 g/mol. The highest BCUT2D eigenvalue weighted by atomic mass is 32.1. The second kappa shape index (κ2) is 22.9. The van der Waals surface area contributed by atoms with E-state index in [1.807, 2.05) is 11.3 Å². The molecule has 0 saturated heterocycles. The standard InChI is InChI=1S/C50H29N3O.C46H27N3S/c1-2-12-32-26-35(21-20-30(32)10-1)36-22-24-43-40(28-36)41-27-33-13-3-4-14-34(33)29-44(41)53(43)50-51-42-18-8-7-16-38(42)49(52-50)39-17-9-19-45-48(39)47-37-15-6-5-11-31(37)23-25-46(47)54-45;1-2-11-28(12-3-1)34-18-10-20-40-44(34)38-24-30-14-4-6-15-31(30)26-41(38)49(40)46-47-39-19-9-8-17-35(39)45(48-46)33-21-22-42-36(25-33)37-23-29-13-5-7-16-32(29)27-43(37)50-42/h1-29H;1-27H. The highest BCUT2D eigenvalue weighted by molar-refractivity contribution is 7.25. The largest absolute Gasteiger partial charge is 0.456 e. The Kier molecular flexibility index (Phi) is 12.8. The Bertz CT molecular complexity index is 7570. The predicted molar refractivity (Wildman–Crippen MR) is 437 cm³/mol. The second-order valence-corrected chi connectivity index (χ2v) is 28.3. The van der Waals surface area contributed by atoms with Crippen molar-refractivity contribution in [3.63, 3.8) is 0 Å². The van der Waals surface area contributed by atoms with Crippen LogP contribution < -0.4 is 0 Å². The van der Waals surface area contributed by atoms with Gasteiger partial charge in [0.1, 0.15) is 11.2 Å². The number of thiophene rings is 1. The fraction of sp³-hybridized carbons (Fsp3) is 0. The van der Waals surface area contributed by atoms with Crippen molar-refractivity contribution in [1.82, 2.24) is 29.1 Å². The fourth-order valence-corrected chi connectivity index (χ4v) is 17.6. The van der Waals surface area contributed by atoms with Crippen LogP contribution in [0.4, 0.5) is 0 Å². The molecule has 0 N–H and O–H groups in total. The topological polar surface area (TPSA) is 74.6 Å². The third-order valence-corrected chi connectivity index (χ3v) is 22.4. The summed E-state index contributed by atoms with van der Waals surface area (Å²) in [6.45, 7) is 0. The molecule has 0 unspecified atom stereocenters. The zero-order chi connectivity index (χ0) is 68.1. The molecular formula is C96H56N6OS. The number of benzene rings is 17. The summed E-state index contributed by atoms with van der Waals surface area (Å²) in [7, 11) is 0. The SMILES string of the molecule is c1ccc(-c2cccc3c2c2cc4ccccc4cc2n3-c2nc(-c3ccc4sc5cc6ccccc6cc5c4c3)c3ccccc3n2)cc1.c1ccc2cc(-c3ccc4c(c3)c3cc5ccccc5cc3n4-c3nc(-c4cccc5oc6ccc7ccccc7c6c45)c4ccccc4n3)ccc2c1. The molecule has 6 aromatic heterocycles. The third kappa shape index (κ3) is 9.15. The van der Waals surface area contributed by atoms with Gasteiger partial charge in [-0.05, 0) is 173 Å². The lowest BCUT2D eigenvalue weighted by molar-refractivity contribution is 0.669. The van der Waals surface area contributed by atoms with E-state index in [-0.39, 0.29) is 0 Å². The molecule has 0 saturated carbocycles. The van der Waals surface area contributed by atoms with Gasteiger partial charge in [0.05, 0.1) is 44.5 Å². The Morgan fingerprint density at radius 2 is 0.721 bits per heavy atom. The molecular weight excluding hydrogens is 1290 g/mol. The van der Waals surface area contributed by atoms with E-state index in [4.69, 9.17) is 24.4 Å². The van der Waals surface area contributed by atoms with Crippen LogP contribution in [-0.2, 0) is 0 Å². The van der Waals surface area contributed by atoms with Crippen LogP contribution in [-0.4, -0.2) is 29.1 Å². The van der Waals surface area contributed by atoms with Gasteiger partial charge in [-0.25, -0.2) is 19.9 Å². The van der Waals surface area contributed by atoms with E-state index in [1.54, 1.807) is 0 Å². The van der Waals surface area contributed by atoms with E-state index in [0.717, 1.165) is 99.1 Å². The second-order valence-electron chi connectivity index (χ2n) is 27.2. The Morgan fingerprint density at radius 3 is 1.45 bits per heavy atom. The van der Waals surface area contributed by atoms with Gasteiger partial charge in [0, 0.05) is 74.4 Å². The summed E-state index contributed by atoms with van der Waals surface area (Å²) in [6, 6.07) is 122. The Hall–Kier alpha value is -13.7. The third-order valence-electron chi connectivity index (χ3n) is 21.3. The van der Waals surface area contributed by atoms with Crippen LogP contribution in [0.3, 0.4) is 0 Å².